The topological polar surface area (TPSA) is 26.3 Å². The van der Waals surface area contributed by atoms with Gasteiger partial charge >= 0.3 is 0 Å². The molecule has 4 heteroatoms. The summed E-state index contributed by atoms with van der Waals surface area (Å²) in [6.07, 6.45) is 0.774. The van der Waals surface area contributed by atoms with E-state index in [1.54, 1.807) is 24.3 Å². The predicted octanol–water partition coefficient (Wildman–Crippen LogP) is 7.81. The summed E-state index contributed by atoms with van der Waals surface area (Å²) in [7, 11) is -2.14. The highest BCUT2D eigenvalue weighted by Crippen LogP contribution is 2.70. The van der Waals surface area contributed by atoms with Crippen LogP contribution in [0.5, 0.6) is 5.75 Å². The molecule has 0 aliphatic carbocycles. The molecule has 0 aromatic heterocycles. The minimum absolute atomic E-state index is 0.329. The second-order valence-electron chi connectivity index (χ2n) is 8.35. The highest BCUT2D eigenvalue weighted by molar-refractivity contribution is 8.31. The first kappa shape index (κ1) is 21.1. The van der Waals surface area contributed by atoms with E-state index in [-0.39, 0.29) is 10.6 Å². The summed E-state index contributed by atoms with van der Waals surface area (Å²) in [5.41, 5.74) is 0.455. The van der Waals surface area contributed by atoms with Crippen LogP contribution in [0.15, 0.2) is 101 Å². The molecule has 0 bridgehead atoms. The summed E-state index contributed by atoms with van der Waals surface area (Å²) in [6.45, 7) is 6.43. The average molecular weight is 433 g/mol. The molecule has 4 aromatic rings. The quantitative estimate of drug-likeness (QED) is 0.301. The number of aldehydes is 1. The Bertz CT molecular complexity index is 1180. The zero-order valence-electron chi connectivity index (χ0n) is 17.8. The molecule has 0 aliphatic heterocycles. The first-order valence-corrected chi connectivity index (χ1v) is 11.7. The van der Waals surface area contributed by atoms with Gasteiger partial charge < -0.3 is 4.18 Å². The Balaban J connectivity index is 2.07. The van der Waals surface area contributed by atoms with Crippen molar-refractivity contribution in [3.8, 4) is 5.75 Å². The Morgan fingerprint density at radius 2 is 1.39 bits per heavy atom. The van der Waals surface area contributed by atoms with Gasteiger partial charge in [0, 0.05) is 20.1 Å². The van der Waals surface area contributed by atoms with Gasteiger partial charge in [-0.15, -0.1) is 0 Å². The molecule has 0 N–H and O–H groups in total. The summed E-state index contributed by atoms with van der Waals surface area (Å²) in [4.78, 5) is 13.7. The number of hydrogen-bond acceptors (Lipinski definition) is 2. The number of carbonyl (C=O) groups is 1. The zero-order valence-corrected chi connectivity index (χ0v) is 18.7. The summed E-state index contributed by atoms with van der Waals surface area (Å²) >= 11 is 0. The maximum Gasteiger partial charge on any atom is 0.150 e. The molecule has 0 heterocycles. The van der Waals surface area contributed by atoms with Crippen LogP contribution < -0.4 is 4.18 Å². The standard InChI is InChI=1S/C27H25FO2S/c1-27(2,3)31(22-12-6-4-7-13-22,23-14-8-5-9-15-23)30-25-18-20(19-29)17-21-11-10-16-24(28)26(21)25/h4-19H,1-3H3. The van der Waals surface area contributed by atoms with Crippen LogP contribution in [0.25, 0.3) is 10.8 Å². The largest absolute Gasteiger partial charge is 0.439 e. The van der Waals surface area contributed by atoms with Gasteiger partial charge in [-0.05, 0) is 78.9 Å². The van der Waals surface area contributed by atoms with Crippen LogP contribution in [0.2, 0.25) is 0 Å². The molecule has 0 saturated carbocycles. The second kappa shape index (κ2) is 8.20. The van der Waals surface area contributed by atoms with Crippen molar-refractivity contribution >= 4 is 27.4 Å². The van der Waals surface area contributed by atoms with Crippen molar-refractivity contribution in [1.82, 2.24) is 0 Å². The van der Waals surface area contributed by atoms with Crippen LogP contribution in [-0.2, 0) is 0 Å². The summed E-state index contributed by atoms with van der Waals surface area (Å²) in [6, 6.07) is 28.4. The van der Waals surface area contributed by atoms with Gasteiger partial charge in [-0.2, -0.15) is 0 Å². The van der Waals surface area contributed by atoms with E-state index in [2.05, 4.69) is 45.0 Å². The van der Waals surface area contributed by atoms with E-state index >= 15 is 0 Å². The number of hydrogen-bond donors (Lipinski definition) is 0. The van der Waals surface area contributed by atoms with E-state index < -0.39 is 10.3 Å². The number of rotatable bonds is 5. The third kappa shape index (κ3) is 3.72. The lowest BCUT2D eigenvalue weighted by atomic mass is 10.1. The minimum Gasteiger partial charge on any atom is -0.439 e. The Morgan fingerprint density at radius 3 is 1.90 bits per heavy atom. The van der Waals surface area contributed by atoms with Crippen molar-refractivity contribution in [2.45, 2.75) is 35.3 Å². The van der Waals surface area contributed by atoms with Crippen LogP contribution in [0.4, 0.5) is 4.39 Å². The normalized spacial score (nSPS) is 12.5. The van der Waals surface area contributed by atoms with Crippen molar-refractivity contribution in [2.24, 2.45) is 0 Å². The van der Waals surface area contributed by atoms with E-state index in [1.807, 2.05) is 36.4 Å². The monoisotopic (exact) mass is 432 g/mol. The molecule has 0 fully saturated rings. The summed E-state index contributed by atoms with van der Waals surface area (Å²) in [5, 5.41) is 1.03. The smallest absolute Gasteiger partial charge is 0.150 e. The van der Waals surface area contributed by atoms with Gasteiger partial charge in [-0.1, -0.05) is 48.5 Å². The van der Waals surface area contributed by atoms with Crippen molar-refractivity contribution in [3.05, 3.63) is 102 Å². The lowest BCUT2D eigenvalue weighted by molar-refractivity contribution is 0.112. The number of carbonyl (C=O) groups excluding carboxylic acids is 1. The fourth-order valence-electron chi connectivity index (χ4n) is 3.92. The molecule has 0 amide bonds. The number of benzene rings is 4. The molecular formula is C27H25FO2S. The van der Waals surface area contributed by atoms with E-state index in [4.69, 9.17) is 4.18 Å². The lowest BCUT2D eigenvalue weighted by Gasteiger charge is -2.50. The molecule has 2 nitrogen and oxygen atoms in total. The fraction of sp³-hybridized carbons (Fsp3) is 0.148. The van der Waals surface area contributed by atoms with Crippen molar-refractivity contribution < 1.29 is 13.4 Å². The van der Waals surface area contributed by atoms with Crippen LogP contribution in [-0.4, -0.2) is 11.0 Å². The lowest BCUT2D eigenvalue weighted by Crippen LogP contribution is -2.30. The second-order valence-corrected chi connectivity index (χ2v) is 11.8. The maximum atomic E-state index is 15.0. The highest BCUT2D eigenvalue weighted by atomic mass is 32.3. The number of fused-ring (bicyclic) bond motifs is 1. The molecule has 0 radical (unpaired) electrons. The molecule has 0 saturated heterocycles. The van der Waals surface area contributed by atoms with E-state index in [1.165, 1.54) is 6.07 Å². The highest BCUT2D eigenvalue weighted by Gasteiger charge is 2.43. The molecule has 158 valence electrons. The Morgan fingerprint density at radius 1 is 0.806 bits per heavy atom. The van der Waals surface area contributed by atoms with Crippen LogP contribution in [0.3, 0.4) is 0 Å². The van der Waals surface area contributed by atoms with Crippen LogP contribution in [0, 0.1) is 5.82 Å². The van der Waals surface area contributed by atoms with Gasteiger partial charge in [0.2, 0.25) is 0 Å². The third-order valence-corrected chi connectivity index (χ3v) is 9.30. The molecule has 0 atom stereocenters. The van der Waals surface area contributed by atoms with Crippen molar-refractivity contribution in [2.75, 3.05) is 0 Å². The Labute approximate surface area is 184 Å². The zero-order chi connectivity index (χ0) is 22.1. The van der Waals surface area contributed by atoms with Crippen molar-refractivity contribution in [1.29, 1.82) is 0 Å². The first-order chi connectivity index (χ1) is 14.9. The predicted molar refractivity (Wildman–Crippen MR) is 127 cm³/mol. The van der Waals surface area contributed by atoms with Gasteiger partial charge in [0.1, 0.15) is 17.9 Å². The first-order valence-electron chi connectivity index (χ1n) is 10.2. The van der Waals surface area contributed by atoms with E-state index in [0.717, 1.165) is 16.1 Å². The fourth-order valence-corrected chi connectivity index (χ4v) is 7.53. The van der Waals surface area contributed by atoms with Crippen molar-refractivity contribution in [3.63, 3.8) is 0 Å². The Hall–Kier alpha value is -3.11. The molecule has 0 unspecified atom stereocenters. The van der Waals surface area contributed by atoms with E-state index in [0.29, 0.717) is 22.1 Å². The summed E-state index contributed by atoms with van der Waals surface area (Å²) in [5.74, 6) is 0.0172. The SMILES string of the molecule is CC(C)(C)S(Oc1cc(C=O)cc2cccc(F)c12)(c1ccccc1)c1ccccc1. The molecule has 4 aromatic carbocycles. The van der Waals surface area contributed by atoms with Gasteiger partial charge in [0.15, 0.2) is 0 Å². The maximum absolute atomic E-state index is 15.0. The summed E-state index contributed by atoms with van der Waals surface area (Å²) < 4.78 is 21.6. The van der Waals surface area contributed by atoms with Crippen LogP contribution >= 0.6 is 10.3 Å². The molecule has 0 aliphatic rings. The van der Waals surface area contributed by atoms with Gasteiger partial charge in [0.25, 0.3) is 0 Å². The van der Waals surface area contributed by atoms with E-state index in [9.17, 15) is 9.18 Å². The third-order valence-electron chi connectivity index (χ3n) is 5.28. The Kier molecular flexibility index (Phi) is 5.59. The minimum atomic E-state index is -2.14. The van der Waals surface area contributed by atoms with Gasteiger partial charge in [0.05, 0.1) is 5.39 Å². The number of halogens is 1. The molecule has 4 rings (SSSR count). The van der Waals surface area contributed by atoms with Gasteiger partial charge in [-0.25, -0.2) is 4.39 Å². The molecule has 0 spiro atoms. The average Bonchev–Trinajstić information content (AvgIpc) is 2.77. The molecular weight excluding hydrogens is 407 g/mol. The molecule has 31 heavy (non-hydrogen) atoms. The van der Waals surface area contributed by atoms with Crippen LogP contribution in [0.1, 0.15) is 31.1 Å². The van der Waals surface area contributed by atoms with Gasteiger partial charge in [-0.3, -0.25) is 4.79 Å².